The van der Waals surface area contributed by atoms with Crippen LogP contribution in [-0.4, -0.2) is 71.1 Å². The van der Waals surface area contributed by atoms with Gasteiger partial charge >= 0.3 is 11.6 Å². The molecular formula is C25H43FIN3O8. The quantitative estimate of drug-likeness (QED) is 0.0457. The van der Waals surface area contributed by atoms with Gasteiger partial charge in [0.1, 0.15) is 12.2 Å². The highest BCUT2D eigenvalue weighted by atomic mass is 127. The van der Waals surface area contributed by atoms with Gasteiger partial charge in [-0.15, -0.1) is 5.06 Å². The number of hydroxylamine groups is 2. The largest absolute Gasteiger partial charge is 0.394 e. The summed E-state index contributed by atoms with van der Waals surface area (Å²) in [5.41, 5.74) is -5.33. The van der Waals surface area contributed by atoms with E-state index in [0.29, 0.717) is 17.4 Å². The molecule has 1 unspecified atom stereocenters. The summed E-state index contributed by atoms with van der Waals surface area (Å²) in [6, 6.07) is 0. The number of aliphatic hydroxyl groups excluding tert-OH is 2. The molecule has 1 aromatic rings. The number of alkyl halides is 1. The van der Waals surface area contributed by atoms with E-state index in [1.807, 2.05) is 4.98 Å². The molecule has 13 heteroatoms. The lowest BCUT2D eigenvalue weighted by Gasteiger charge is -2.43. The molecule has 220 valence electrons. The van der Waals surface area contributed by atoms with Crippen molar-refractivity contribution in [1.29, 1.82) is 0 Å². The number of H-pyrrole nitrogens is 1. The molecule has 38 heavy (non-hydrogen) atoms. The van der Waals surface area contributed by atoms with Crippen LogP contribution in [0.3, 0.4) is 0 Å². The van der Waals surface area contributed by atoms with E-state index in [4.69, 9.17) is 4.74 Å². The van der Waals surface area contributed by atoms with Crippen LogP contribution in [0, 0.1) is 3.57 Å². The lowest BCUT2D eigenvalue weighted by atomic mass is 9.99. The van der Waals surface area contributed by atoms with E-state index < -0.39 is 48.0 Å². The van der Waals surface area contributed by atoms with Crippen molar-refractivity contribution in [2.45, 2.75) is 127 Å². The number of unbranched alkanes of at least 4 members (excludes halogenated alkanes) is 12. The Bertz CT molecular complexity index is 965. The summed E-state index contributed by atoms with van der Waals surface area (Å²) in [5.74, 6) is -3.24. The van der Waals surface area contributed by atoms with E-state index in [2.05, 4.69) is 6.92 Å². The van der Waals surface area contributed by atoms with Gasteiger partial charge in [0.2, 0.25) is 5.72 Å². The molecule has 1 saturated heterocycles. The van der Waals surface area contributed by atoms with Crippen LogP contribution in [0.5, 0.6) is 0 Å². The number of hydrogen-bond acceptors (Lipinski definition) is 9. The zero-order valence-corrected chi connectivity index (χ0v) is 24.2. The average molecular weight is 660 g/mol. The summed E-state index contributed by atoms with van der Waals surface area (Å²) >= 11 is 1.55. The van der Waals surface area contributed by atoms with Crippen molar-refractivity contribution in [1.82, 2.24) is 14.6 Å². The van der Waals surface area contributed by atoms with Crippen LogP contribution in [0.25, 0.3) is 0 Å². The van der Waals surface area contributed by atoms with Gasteiger partial charge in [0, 0.05) is 6.20 Å². The summed E-state index contributed by atoms with van der Waals surface area (Å²) in [6.07, 6.45) is 8.59. The van der Waals surface area contributed by atoms with Crippen molar-refractivity contribution in [2.24, 2.45) is 0 Å². The summed E-state index contributed by atoms with van der Waals surface area (Å²) < 4.78 is 20.4. The fourth-order valence-corrected chi connectivity index (χ4v) is 5.22. The first kappa shape index (κ1) is 33.3. The normalized spacial score (nSPS) is 26.3. The molecular weight excluding hydrogens is 616 g/mol. The Morgan fingerprint density at radius 1 is 1.05 bits per heavy atom. The van der Waals surface area contributed by atoms with Crippen molar-refractivity contribution in [3.8, 4) is 0 Å². The minimum atomic E-state index is -3.29. The van der Waals surface area contributed by atoms with Gasteiger partial charge in [-0.3, -0.25) is 9.78 Å². The van der Waals surface area contributed by atoms with Gasteiger partial charge in [-0.25, -0.2) is 13.8 Å². The molecule has 6 N–H and O–H groups in total. The predicted octanol–water partition coefficient (Wildman–Crippen LogP) is 2.65. The van der Waals surface area contributed by atoms with Crippen LogP contribution in [0.4, 0.5) is 4.39 Å². The van der Waals surface area contributed by atoms with Crippen LogP contribution < -0.4 is 11.2 Å². The molecule has 0 radical (unpaired) electrons. The molecule has 2 rings (SSSR count). The van der Waals surface area contributed by atoms with E-state index in [1.165, 1.54) is 51.4 Å². The minimum absolute atomic E-state index is 0.100. The molecule has 0 aliphatic carbocycles. The van der Waals surface area contributed by atoms with Crippen molar-refractivity contribution in [3.63, 3.8) is 0 Å². The lowest BCUT2D eigenvalue weighted by molar-refractivity contribution is -0.428. The summed E-state index contributed by atoms with van der Waals surface area (Å²) in [4.78, 5) is 26.0. The van der Waals surface area contributed by atoms with Gasteiger partial charge in [0.25, 0.3) is 5.56 Å². The number of ether oxygens (including phenoxy) is 1. The molecule has 1 aromatic heterocycles. The average Bonchev–Trinajstić information content (AvgIpc) is 3.10. The zero-order chi connectivity index (χ0) is 28.3. The third kappa shape index (κ3) is 7.83. The topological polar surface area (TPSA) is 168 Å². The van der Waals surface area contributed by atoms with Gasteiger partial charge in [-0.2, -0.15) is 0 Å². The highest BCUT2D eigenvalue weighted by Gasteiger charge is 2.71. The summed E-state index contributed by atoms with van der Waals surface area (Å²) in [7, 11) is 0. The third-order valence-corrected chi connectivity index (χ3v) is 7.89. The fourth-order valence-electron chi connectivity index (χ4n) is 4.81. The van der Waals surface area contributed by atoms with Gasteiger partial charge < -0.3 is 30.4 Å². The molecule has 0 amide bonds. The molecule has 0 spiro atoms. The smallest absolute Gasteiger partial charge is 0.332 e. The molecule has 1 fully saturated rings. The standard InChI is InChI=1S/C25H43FIN3O8/c1-2-3-4-5-6-7-8-9-10-11-12-13-14-15-20(26)30(37)24(35)21(32)19(17-31)38-25(24,36)29-16-18(27)22(33)28-23(29)34/h16,19-21,31-32,35-37H,2-15,17H2,1H3,(H,28,33,34)/t19-,20?,21-,24-,25-/m1/s1. The Morgan fingerprint density at radius 3 is 2.05 bits per heavy atom. The Kier molecular flexibility index (Phi) is 13.8. The maximum atomic E-state index is 15.1. The van der Waals surface area contributed by atoms with Crippen LogP contribution in [0.1, 0.15) is 96.8 Å². The second-order valence-corrected chi connectivity index (χ2v) is 11.2. The second kappa shape index (κ2) is 15.7. The van der Waals surface area contributed by atoms with Gasteiger partial charge in [0.15, 0.2) is 6.30 Å². The molecule has 1 aliphatic rings. The summed E-state index contributed by atoms with van der Waals surface area (Å²) in [5, 5.41) is 52.8. The Hall–Kier alpha value is -0.940. The number of aliphatic hydroxyl groups is 4. The van der Waals surface area contributed by atoms with E-state index in [9.17, 15) is 35.2 Å². The number of aromatic nitrogens is 2. The molecule has 0 bridgehead atoms. The first-order valence-electron chi connectivity index (χ1n) is 13.6. The van der Waals surface area contributed by atoms with Crippen LogP contribution in [0.15, 0.2) is 15.8 Å². The first-order valence-corrected chi connectivity index (χ1v) is 14.7. The number of halogens is 2. The van der Waals surface area contributed by atoms with Gasteiger partial charge in [-0.05, 0) is 35.4 Å². The van der Waals surface area contributed by atoms with Crippen molar-refractivity contribution >= 4 is 22.6 Å². The molecule has 1 aliphatic heterocycles. The number of nitrogens with one attached hydrogen (secondary N) is 1. The predicted molar refractivity (Wildman–Crippen MR) is 146 cm³/mol. The number of rotatable bonds is 18. The first-order chi connectivity index (χ1) is 18.0. The van der Waals surface area contributed by atoms with Crippen molar-refractivity contribution in [2.75, 3.05) is 6.61 Å². The van der Waals surface area contributed by atoms with Gasteiger partial charge in [-0.1, -0.05) is 84.0 Å². The molecule has 11 nitrogen and oxygen atoms in total. The zero-order valence-electron chi connectivity index (χ0n) is 22.0. The summed E-state index contributed by atoms with van der Waals surface area (Å²) in [6.45, 7) is 1.28. The Morgan fingerprint density at radius 2 is 1.55 bits per heavy atom. The second-order valence-electron chi connectivity index (χ2n) is 10.0. The molecule has 2 heterocycles. The molecule has 5 atom stereocenters. The highest BCUT2D eigenvalue weighted by Crippen LogP contribution is 2.44. The SMILES string of the molecule is CCCCCCCCCCCCCCCC(F)N(O)[C@@]1(O)[C@H](O)[C@@H](CO)O[C@@]1(O)n1cc(I)c(=O)[nH]c1=O. The highest BCUT2D eigenvalue weighted by molar-refractivity contribution is 14.1. The molecule has 0 aromatic carbocycles. The maximum Gasteiger partial charge on any atom is 0.332 e. The van der Waals surface area contributed by atoms with Crippen LogP contribution in [-0.2, 0) is 10.6 Å². The van der Waals surface area contributed by atoms with E-state index in [1.54, 1.807) is 22.6 Å². The van der Waals surface area contributed by atoms with Crippen LogP contribution >= 0.6 is 22.6 Å². The van der Waals surface area contributed by atoms with Crippen molar-refractivity contribution in [3.05, 3.63) is 30.6 Å². The Labute approximate surface area is 235 Å². The number of aromatic amines is 1. The Balaban J connectivity index is 1.90. The fraction of sp³-hybridized carbons (Fsp3) is 0.840. The minimum Gasteiger partial charge on any atom is -0.394 e. The third-order valence-electron chi connectivity index (χ3n) is 7.13. The van der Waals surface area contributed by atoms with Crippen LogP contribution in [0.2, 0.25) is 0 Å². The van der Waals surface area contributed by atoms with Gasteiger partial charge in [0.05, 0.1) is 10.2 Å². The monoisotopic (exact) mass is 659 g/mol. The van der Waals surface area contributed by atoms with E-state index in [0.717, 1.165) is 25.5 Å². The number of nitrogens with zero attached hydrogens (tertiary/aromatic N) is 2. The number of hydrogen-bond donors (Lipinski definition) is 6. The van der Waals surface area contributed by atoms with E-state index in [-0.39, 0.29) is 15.1 Å². The van der Waals surface area contributed by atoms with E-state index >= 15 is 4.39 Å². The maximum absolute atomic E-state index is 15.1. The van der Waals surface area contributed by atoms with Crippen molar-refractivity contribution < 1.29 is 34.8 Å². The molecule has 0 saturated carbocycles. The lowest BCUT2D eigenvalue weighted by Crippen LogP contribution is -2.69.